The minimum atomic E-state index is -1.19. The number of aryl methyl sites for hydroxylation is 1. The van der Waals surface area contributed by atoms with E-state index in [-0.39, 0.29) is 4.48 Å². The van der Waals surface area contributed by atoms with Gasteiger partial charge < -0.3 is 9.90 Å². The Balaban J connectivity index is 3.13. The van der Waals surface area contributed by atoms with E-state index in [1.54, 1.807) is 6.92 Å². The van der Waals surface area contributed by atoms with Crippen LogP contribution in [-0.2, 0) is 0 Å². The molecule has 0 unspecified atom stereocenters. The van der Waals surface area contributed by atoms with Gasteiger partial charge in [0.1, 0.15) is 5.69 Å². The molecule has 0 spiro atoms. The number of amides is 1. The molecule has 0 atom stereocenters. The first-order valence-electron chi connectivity index (χ1n) is 3.31. The molecule has 0 saturated carbocycles. The number of hydrogen-bond donors (Lipinski definition) is 0. The smallest absolute Gasteiger partial charge is 0.268 e. The first-order chi connectivity index (χ1) is 5.46. The maximum Gasteiger partial charge on any atom is 0.268 e. The molecule has 0 aliphatic heterocycles. The van der Waals surface area contributed by atoms with Crippen molar-refractivity contribution in [1.29, 1.82) is 0 Å². The summed E-state index contributed by atoms with van der Waals surface area (Å²) in [6.45, 7) is 1.72. The molecule has 6 heteroatoms. The van der Waals surface area contributed by atoms with E-state index in [0.29, 0.717) is 11.5 Å². The van der Waals surface area contributed by atoms with Crippen LogP contribution in [0.3, 0.4) is 0 Å². The molecule has 1 aromatic heterocycles. The van der Waals surface area contributed by atoms with Gasteiger partial charge >= 0.3 is 0 Å². The molecule has 66 valence electrons. The zero-order valence-electron chi connectivity index (χ0n) is 7.07. The summed E-state index contributed by atoms with van der Waals surface area (Å²) < 4.78 is 7.39. The Morgan fingerprint density at radius 2 is 2.08 bits per heavy atom. The van der Waals surface area contributed by atoms with Gasteiger partial charge in [-0.05, 0) is 6.92 Å². The van der Waals surface area contributed by atoms with Gasteiger partial charge in [-0.1, -0.05) is 0 Å². The summed E-state index contributed by atoms with van der Waals surface area (Å²) in [6, 6.07) is 0. The Morgan fingerprint density at radius 3 is 2.42 bits per heavy atom. The summed E-state index contributed by atoms with van der Waals surface area (Å²) in [4.78, 5) is 10.7. The number of aromatic nitrogens is 2. The van der Waals surface area contributed by atoms with Crippen molar-refractivity contribution in [3.05, 3.63) is 5.69 Å². The second-order valence-corrected chi connectivity index (χ2v) is 3.42. The number of carbonyl (C=O) groups excluding carboxylic acids is 1. The Morgan fingerprint density at radius 1 is 1.50 bits per heavy atom. The molecule has 1 aromatic rings. The lowest BCUT2D eigenvalue weighted by molar-refractivity contribution is -0.261. The van der Waals surface area contributed by atoms with Gasteiger partial charge in [0.05, 0.1) is 25.8 Å². The first-order valence-corrected chi connectivity index (χ1v) is 4.04. The molecule has 0 aliphatic rings. The van der Waals surface area contributed by atoms with Crippen LogP contribution in [0, 0.1) is 6.92 Å². The summed E-state index contributed by atoms with van der Waals surface area (Å²) in [7, 11) is 3.00. The van der Waals surface area contributed by atoms with E-state index in [1.165, 1.54) is 14.1 Å². The van der Waals surface area contributed by atoms with E-state index in [2.05, 4.69) is 8.75 Å². The minimum absolute atomic E-state index is 0.387. The quantitative estimate of drug-likeness (QED) is 0.569. The minimum Gasteiger partial charge on any atom is -0.498 e. The maximum absolute atomic E-state index is 10.7. The van der Waals surface area contributed by atoms with Crippen molar-refractivity contribution in [2.24, 2.45) is 0 Å². The van der Waals surface area contributed by atoms with E-state index < -0.39 is 6.09 Å². The van der Waals surface area contributed by atoms with Gasteiger partial charge in [-0.25, -0.2) is 4.48 Å². The lowest BCUT2D eigenvalue weighted by Crippen LogP contribution is -2.54. The van der Waals surface area contributed by atoms with Crippen LogP contribution in [0.2, 0.25) is 0 Å². The van der Waals surface area contributed by atoms with Crippen LogP contribution in [0.15, 0.2) is 0 Å². The molecular weight excluding hydrogens is 178 g/mol. The molecule has 1 rings (SSSR count). The monoisotopic (exact) mass is 187 g/mol. The summed E-state index contributed by atoms with van der Waals surface area (Å²) in [5.41, 5.74) is 0.634. The molecule has 5 nitrogen and oxygen atoms in total. The van der Waals surface area contributed by atoms with E-state index in [1.807, 2.05) is 0 Å². The predicted molar refractivity (Wildman–Crippen MR) is 43.7 cm³/mol. The normalized spacial score (nSPS) is 11.6. The van der Waals surface area contributed by atoms with Crippen molar-refractivity contribution >= 4 is 23.6 Å². The van der Waals surface area contributed by atoms with Gasteiger partial charge in [-0.15, -0.1) is 4.37 Å². The highest BCUT2D eigenvalue weighted by Crippen LogP contribution is 2.20. The average molecular weight is 187 g/mol. The van der Waals surface area contributed by atoms with Gasteiger partial charge in [-0.2, -0.15) is 4.37 Å². The summed E-state index contributed by atoms with van der Waals surface area (Å²) >= 11 is 1.00. The van der Waals surface area contributed by atoms with Gasteiger partial charge in [0, 0.05) is 0 Å². The highest BCUT2D eigenvalue weighted by atomic mass is 32.1. The number of nitrogens with zero attached hydrogens (tertiary/aromatic N) is 3. The van der Waals surface area contributed by atoms with Gasteiger partial charge in [0.15, 0.2) is 0 Å². The van der Waals surface area contributed by atoms with Crippen molar-refractivity contribution in [2.45, 2.75) is 6.92 Å². The Bertz CT molecular complexity index is 307. The zero-order chi connectivity index (χ0) is 9.35. The lowest BCUT2D eigenvalue weighted by atomic mass is 10.4. The van der Waals surface area contributed by atoms with Crippen LogP contribution in [0.1, 0.15) is 5.69 Å². The van der Waals surface area contributed by atoms with Crippen LogP contribution in [0.4, 0.5) is 10.6 Å². The number of quaternary nitrogens is 1. The van der Waals surface area contributed by atoms with Crippen molar-refractivity contribution < 1.29 is 9.90 Å². The third-order valence-corrected chi connectivity index (χ3v) is 2.22. The number of carboxylic acid groups (broad SMARTS) is 1. The fourth-order valence-corrected chi connectivity index (χ4v) is 1.48. The topological polar surface area (TPSA) is 65.9 Å². The third-order valence-electron chi connectivity index (χ3n) is 1.61. The van der Waals surface area contributed by atoms with E-state index in [0.717, 1.165) is 11.7 Å². The molecular formula is C6H9N3O2S. The molecule has 12 heavy (non-hydrogen) atoms. The van der Waals surface area contributed by atoms with E-state index in [9.17, 15) is 9.90 Å². The SMILES string of the molecule is Cc1nsnc1[N+](C)(C)C(=O)[O-]. The van der Waals surface area contributed by atoms with Gasteiger partial charge in [-0.3, -0.25) is 0 Å². The van der Waals surface area contributed by atoms with Crippen LogP contribution in [-0.4, -0.2) is 28.9 Å². The highest BCUT2D eigenvalue weighted by Gasteiger charge is 2.27. The number of rotatable bonds is 1. The second kappa shape index (κ2) is 2.80. The largest absolute Gasteiger partial charge is 0.498 e. The lowest BCUT2D eigenvalue weighted by Gasteiger charge is -2.25. The van der Waals surface area contributed by atoms with Crippen LogP contribution in [0.5, 0.6) is 0 Å². The summed E-state index contributed by atoms with van der Waals surface area (Å²) in [5, 5.41) is 10.7. The predicted octanol–water partition coefficient (Wildman–Crippen LogP) is -0.243. The first kappa shape index (κ1) is 9.08. The van der Waals surface area contributed by atoms with Crippen molar-refractivity contribution in [3.63, 3.8) is 0 Å². The van der Waals surface area contributed by atoms with E-state index in [4.69, 9.17) is 0 Å². The van der Waals surface area contributed by atoms with Gasteiger partial charge in [0.2, 0.25) is 0 Å². The van der Waals surface area contributed by atoms with Crippen LogP contribution in [0.25, 0.3) is 0 Å². The molecule has 1 amide bonds. The van der Waals surface area contributed by atoms with Crippen molar-refractivity contribution in [1.82, 2.24) is 13.2 Å². The molecule has 0 radical (unpaired) electrons. The third kappa shape index (κ3) is 1.30. The fraction of sp³-hybridized carbons (Fsp3) is 0.500. The average Bonchev–Trinajstić information content (AvgIpc) is 2.35. The Labute approximate surface area is 74.2 Å². The summed E-state index contributed by atoms with van der Waals surface area (Å²) in [6.07, 6.45) is -1.19. The molecule has 0 fully saturated rings. The fourth-order valence-electron chi connectivity index (χ4n) is 0.820. The summed E-state index contributed by atoms with van der Waals surface area (Å²) in [5.74, 6) is 0.431. The van der Waals surface area contributed by atoms with Crippen LogP contribution < -0.4 is 9.59 Å². The zero-order valence-corrected chi connectivity index (χ0v) is 7.88. The molecule has 0 aliphatic carbocycles. The van der Waals surface area contributed by atoms with Crippen molar-refractivity contribution in [3.8, 4) is 0 Å². The number of hydrogen-bond acceptors (Lipinski definition) is 5. The Hall–Kier alpha value is -1.01. The molecule has 0 saturated heterocycles. The Kier molecular flexibility index (Phi) is 2.12. The van der Waals surface area contributed by atoms with E-state index >= 15 is 0 Å². The molecule has 0 N–H and O–H groups in total. The standard InChI is InChI=1S/C6H9N3O2S/c1-4-5(8-12-7-4)9(2,3)6(10)11/h1-3H3. The van der Waals surface area contributed by atoms with Gasteiger partial charge in [0.25, 0.3) is 11.9 Å². The maximum atomic E-state index is 10.7. The molecule has 0 bridgehead atoms. The molecule has 0 aromatic carbocycles. The number of carbonyl (C=O) groups is 1. The highest BCUT2D eigenvalue weighted by molar-refractivity contribution is 6.99. The van der Waals surface area contributed by atoms with Crippen molar-refractivity contribution in [2.75, 3.05) is 14.1 Å². The molecule has 1 heterocycles. The van der Waals surface area contributed by atoms with Crippen LogP contribution >= 0.6 is 11.7 Å². The second-order valence-electron chi connectivity index (χ2n) is 2.89.